The molecule has 0 spiro atoms. The highest BCUT2D eigenvalue weighted by molar-refractivity contribution is 5.79. The average Bonchev–Trinajstić information content (AvgIpc) is 3.07. The van der Waals surface area contributed by atoms with Gasteiger partial charge in [-0.2, -0.15) is 13.2 Å². The zero-order chi connectivity index (χ0) is 19.9. The summed E-state index contributed by atoms with van der Waals surface area (Å²) in [6.07, 6.45) is -2.46. The maximum absolute atomic E-state index is 13.2. The van der Waals surface area contributed by atoms with Gasteiger partial charge in [-0.25, -0.2) is 4.39 Å². The summed E-state index contributed by atoms with van der Waals surface area (Å²) in [5.74, 6) is -0.503. The number of benzene rings is 1. The second-order valence-electron chi connectivity index (χ2n) is 6.43. The second-order valence-corrected chi connectivity index (χ2v) is 6.43. The van der Waals surface area contributed by atoms with Gasteiger partial charge in [0.25, 0.3) is 0 Å². The van der Waals surface area contributed by atoms with Crippen molar-refractivity contribution in [3.63, 3.8) is 0 Å². The molecule has 0 aliphatic carbocycles. The number of alkyl halides is 3. The van der Waals surface area contributed by atoms with E-state index in [1.165, 1.54) is 0 Å². The lowest BCUT2D eigenvalue weighted by Gasteiger charge is -2.25. The van der Waals surface area contributed by atoms with Gasteiger partial charge in [0.15, 0.2) is 5.96 Å². The van der Waals surface area contributed by atoms with Crippen LogP contribution in [-0.4, -0.2) is 57.3 Å². The summed E-state index contributed by atoms with van der Waals surface area (Å²) in [5.41, 5.74) is -1.01. The molecule has 5 nitrogen and oxygen atoms in total. The first-order valence-electron chi connectivity index (χ1n) is 8.88. The third-order valence-corrected chi connectivity index (χ3v) is 4.63. The first-order valence-corrected chi connectivity index (χ1v) is 8.88. The van der Waals surface area contributed by atoms with Crippen LogP contribution in [0, 0.1) is 5.82 Å². The molecule has 1 aliphatic rings. The van der Waals surface area contributed by atoms with Crippen molar-refractivity contribution < 1.29 is 22.3 Å². The van der Waals surface area contributed by atoms with E-state index < -0.39 is 17.6 Å². The van der Waals surface area contributed by atoms with Crippen LogP contribution in [0.5, 0.6) is 0 Å². The molecule has 1 heterocycles. The molecule has 0 bridgehead atoms. The first-order chi connectivity index (χ1) is 12.8. The molecule has 0 saturated carbocycles. The first kappa shape index (κ1) is 21.4. The van der Waals surface area contributed by atoms with Gasteiger partial charge in [0, 0.05) is 39.8 Å². The van der Waals surface area contributed by atoms with Crippen molar-refractivity contribution in [1.29, 1.82) is 0 Å². The van der Waals surface area contributed by atoms with Crippen LogP contribution in [0.2, 0.25) is 0 Å². The molecular weight excluding hydrogens is 364 g/mol. The maximum atomic E-state index is 13.2. The van der Waals surface area contributed by atoms with Gasteiger partial charge in [-0.05, 0) is 37.1 Å². The van der Waals surface area contributed by atoms with Crippen LogP contribution in [0.15, 0.2) is 23.2 Å². The second kappa shape index (κ2) is 9.89. The topological polar surface area (TPSA) is 48.9 Å². The van der Waals surface area contributed by atoms with Gasteiger partial charge in [0.1, 0.15) is 5.82 Å². The number of nitrogens with one attached hydrogen (secondary N) is 2. The molecule has 2 rings (SSSR count). The van der Waals surface area contributed by atoms with E-state index in [0.29, 0.717) is 31.2 Å². The summed E-state index contributed by atoms with van der Waals surface area (Å²) in [5, 5.41) is 6.03. The van der Waals surface area contributed by atoms with Crippen LogP contribution < -0.4 is 10.6 Å². The number of nitrogens with zero attached hydrogens (tertiary/aromatic N) is 2. The average molecular weight is 390 g/mol. The predicted octanol–water partition coefficient (Wildman–Crippen LogP) is 2.62. The molecule has 1 saturated heterocycles. The number of aliphatic imine (C=N–C) groups is 1. The Labute approximate surface area is 156 Å². The van der Waals surface area contributed by atoms with Gasteiger partial charge >= 0.3 is 6.18 Å². The molecule has 0 amide bonds. The van der Waals surface area contributed by atoms with Gasteiger partial charge in [0.05, 0.1) is 12.2 Å². The van der Waals surface area contributed by atoms with Gasteiger partial charge in [-0.3, -0.25) is 9.89 Å². The SMILES string of the molecule is CN=C(NCc1ccc(F)cc1C(F)(F)F)NCC1CCCN1CCOC. The molecular formula is C18H26F4N4O. The van der Waals surface area contributed by atoms with Crippen molar-refractivity contribution in [2.75, 3.05) is 40.4 Å². The monoisotopic (exact) mass is 390 g/mol. The number of likely N-dealkylation sites (tertiary alicyclic amines) is 1. The number of ether oxygens (including phenoxy) is 1. The maximum Gasteiger partial charge on any atom is 0.416 e. The fourth-order valence-electron chi connectivity index (χ4n) is 3.21. The Bertz CT molecular complexity index is 636. The summed E-state index contributed by atoms with van der Waals surface area (Å²) in [7, 11) is 3.22. The lowest BCUT2D eigenvalue weighted by molar-refractivity contribution is -0.138. The molecule has 1 atom stereocenters. The van der Waals surface area contributed by atoms with Gasteiger partial charge in [-0.15, -0.1) is 0 Å². The summed E-state index contributed by atoms with van der Waals surface area (Å²) in [6, 6.07) is 3.01. The number of halogens is 4. The van der Waals surface area contributed by atoms with E-state index in [9.17, 15) is 17.6 Å². The van der Waals surface area contributed by atoms with Crippen molar-refractivity contribution in [3.05, 3.63) is 35.1 Å². The molecule has 27 heavy (non-hydrogen) atoms. The Balaban J connectivity index is 1.91. The van der Waals surface area contributed by atoms with E-state index in [-0.39, 0.29) is 12.1 Å². The van der Waals surface area contributed by atoms with E-state index >= 15 is 0 Å². The Hall–Kier alpha value is -1.87. The molecule has 9 heteroatoms. The molecule has 1 aromatic rings. The Morgan fingerprint density at radius 3 is 2.78 bits per heavy atom. The summed E-state index contributed by atoms with van der Waals surface area (Å²) in [6.45, 7) is 3.05. The number of guanidine groups is 1. The van der Waals surface area contributed by atoms with Crippen molar-refractivity contribution in [3.8, 4) is 0 Å². The van der Waals surface area contributed by atoms with E-state index in [1.807, 2.05) is 0 Å². The largest absolute Gasteiger partial charge is 0.416 e. The Morgan fingerprint density at radius 1 is 1.33 bits per heavy atom. The summed E-state index contributed by atoms with van der Waals surface area (Å²) >= 11 is 0. The quantitative estimate of drug-likeness (QED) is 0.427. The van der Waals surface area contributed by atoms with Crippen LogP contribution in [0.25, 0.3) is 0 Å². The molecule has 1 aromatic carbocycles. The van der Waals surface area contributed by atoms with Crippen LogP contribution in [0.3, 0.4) is 0 Å². The summed E-state index contributed by atoms with van der Waals surface area (Å²) < 4.78 is 57.5. The van der Waals surface area contributed by atoms with Gasteiger partial charge in [-0.1, -0.05) is 6.07 Å². The van der Waals surface area contributed by atoms with E-state index in [1.54, 1.807) is 14.2 Å². The van der Waals surface area contributed by atoms with Gasteiger partial charge < -0.3 is 15.4 Å². The van der Waals surface area contributed by atoms with Crippen LogP contribution >= 0.6 is 0 Å². The Morgan fingerprint density at radius 2 is 2.11 bits per heavy atom. The third-order valence-electron chi connectivity index (χ3n) is 4.63. The van der Waals surface area contributed by atoms with Gasteiger partial charge in [0.2, 0.25) is 0 Å². The minimum atomic E-state index is -4.61. The van der Waals surface area contributed by atoms with Crippen LogP contribution in [-0.2, 0) is 17.5 Å². The van der Waals surface area contributed by atoms with E-state index in [0.717, 1.165) is 38.1 Å². The minimum absolute atomic E-state index is 0.0329. The van der Waals surface area contributed by atoms with Crippen LogP contribution in [0.4, 0.5) is 17.6 Å². The number of hydrogen-bond donors (Lipinski definition) is 2. The highest BCUT2D eigenvalue weighted by atomic mass is 19.4. The minimum Gasteiger partial charge on any atom is -0.383 e. The van der Waals surface area contributed by atoms with Crippen LogP contribution in [0.1, 0.15) is 24.0 Å². The highest BCUT2D eigenvalue weighted by Crippen LogP contribution is 2.32. The molecule has 1 unspecified atom stereocenters. The fraction of sp³-hybridized carbons (Fsp3) is 0.611. The molecule has 0 aromatic heterocycles. The number of hydrogen-bond acceptors (Lipinski definition) is 3. The van der Waals surface area contributed by atoms with E-state index in [4.69, 9.17) is 4.74 Å². The third kappa shape index (κ3) is 6.35. The molecule has 0 radical (unpaired) electrons. The molecule has 2 N–H and O–H groups in total. The van der Waals surface area contributed by atoms with Crippen molar-refractivity contribution >= 4 is 5.96 Å². The molecule has 1 aliphatic heterocycles. The van der Waals surface area contributed by atoms with Crippen molar-refractivity contribution in [2.24, 2.45) is 4.99 Å². The van der Waals surface area contributed by atoms with E-state index in [2.05, 4.69) is 20.5 Å². The smallest absolute Gasteiger partial charge is 0.383 e. The summed E-state index contributed by atoms with van der Waals surface area (Å²) in [4.78, 5) is 6.38. The lowest BCUT2D eigenvalue weighted by Crippen LogP contribution is -2.45. The fourth-order valence-corrected chi connectivity index (χ4v) is 3.21. The Kier molecular flexibility index (Phi) is 7.85. The normalized spacial score (nSPS) is 18.7. The number of rotatable bonds is 7. The van der Waals surface area contributed by atoms with Crippen molar-refractivity contribution in [2.45, 2.75) is 31.6 Å². The standard InChI is InChI=1S/C18H26F4N4O/c1-23-17(25-12-15-4-3-7-26(15)8-9-27-2)24-11-13-5-6-14(19)10-16(13)18(20,21)22/h5-6,10,15H,3-4,7-9,11-12H2,1-2H3,(H2,23,24,25). The molecule has 1 fully saturated rings. The zero-order valence-electron chi connectivity index (χ0n) is 15.6. The van der Waals surface area contributed by atoms with Crippen molar-refractivity contribution in [1.82, 2.24) is 15.5 Å². The molecule has 152 valence electrons. The number of methoxy groups -OCH3 is 1. The zero-order valence-corrected chi connectivity index (χ0v) is 15.6. The highest BCUT2D eigenvalue weighted by Gasteiger charge is 2.33. The predicted molar refractivity (Wildman–Crippen MR) is 96.1 cm³/mol. The lowest BCUT2D eigenvalue weighted by atomic mass is 10.1.